The molecule has 1 N–H and O–H groups in total. The first-order chi connectivity index (χ1) is 8.27. The van der Waals surface area contributed by atoms with E-state index in [9.17, 15) is 0 Å². The van der Waals surface area contributed by atoms with E-state index in [4.69, 9.17) is 9.47 Å². The lowest BCUT2D eigenvalue weighted by atomic mass is 10.1. The number of likely N-dealkylation sites (N-methyl/N-ethyl adjacent to an activating group) is 1. The fourth-order valence-corrected chi connectivity index (χ4v) is 1.65. The van der Waals surface area contributed by atoms with E-state index >= 15 is 0 Å². The second-order valence-electron chi connectivity index (χ2n) is 4.17. The molecular weight excluding hydrogens is 214 g/mol. The Morgan fingerprint density at radius 1 is 1.18 bits per heavy atom. The monoisotopic (exact) mass is 237 g/mol. The Bertz CT molecular complexity index is 298. The fourth-order valence-electron chi connectivity index (χ4n) is 1.65. The van der Waals surface area contributed by atoms with Gasteiger partial charge >= 0.3 is 0 Å². The zero-order chi connectivity index (χ0) is 12.5. The lowest BCUT2D eigenvalue weighted by Crippen LogP contribution is -2.22. The Hall–Kier alpha value is -0.900. The lowest BCUT2D eigenvalue weighted by molar-refractivity contribution is 0.0889. The van der Waals surface area contributed by atoms with Crippen molar-refractivity contribution >= 4 is 0 Å². The van der Waals surface area contributed by atoms with Gasteiger partial charge in [0.2, 0.25) is 0 Å². The Balaban J connectivity index is 2.35. The van der Waals surface area contributed by atoms with Gasteiger partial charge in [0.05, 0.1) is 12.6 Å². The summed E-state index contributed by atoms with van der Waals surface area (Å²) in [7, 11) is 3.67. The number of methoxy groups -OCH3 is 1. The van der Waals surface area contributed by atoms with Crippen LogP contribution in [0.1, 0.15) is 23.6 Å². The van der Waals surface area contributed by atoms with E-state index in [-0.39, 0.29) is 6.04 Å². The number of hydrogen-bond acceptors (Lipinski definition) is 3. The summed E-state index contributed by atoms with van der Waals surface area (Å²) < 4.78 is 10.6. The predicted octanol–water partition coefficient (Wildman–Crippen LogP) is 2.31. The van der Waals surface area contributed by atoms with E-state index in [0.717, 1.165) is 19.6 Å². The van der Waals surface area contributed by atoms with Gasteiger partial charge in [-0.3, -0.25) is 0 Å². The van der Waals surface area contributed by atoms with Crippen molar-refractivity contribution in [3.8, 4) is 0 Å². The van der Waals surface area contributed by atoms with Crippen LogP contribution in [0.3, 0.4) is 0 Å². The Morgan fingerprint density at radius 3 is 2.47 bits per heavy atom. The molecule has 0 aliphatic carbocycles. The molecule has 1 aromatic rings. The highest BCUT2D eigenvalue weighted by Gasteiger charge is 2.08. The molecule has 0 aliphatic heterocycles. The summed E-state index contributed by atoms with van der Waals surface area (Å²) in [5.41, 5.74) is 2.55. The molecule has 0 spiro atoms. The van der Waals surface area contributed by atoms with Crippen molar-refractivity contribution in [2.75, 3.05) is 34.0 Å². The van der Waals surface area contributed by atoms with Crippen molar-refractivity contribution in [3.63, 3.8) is 0 Å². The van der Waals surface area contributed by atoms with Crippen LogP contribution in [0.2, 0.25) is 0 Å². The predicted molar refractivity (Wildman–Crippen MR) is 70.3 cm³/mol. The molecule has 1 rings (SSSR count). The molecule has 0 aromatic heterocycles. The number of ether oxygens (including phenoxy) is 2. The molecule has 17 heavy (non-hydrogen) atoms. The summed E-state index contributed by atoms with van der Waals surface area (Å²) in [4.78, 5) is 0. The van der Waals surface area contributed by atoms with Crippen molar-refractivity contribution in [1.29, 1.82) is 0 Å². The van der Waals surface area contributed by atoms with Crippen LogP contribution in [0.5, 0.6) is 0 Å². The van der Waals surface area contributed by atoms with E-state index in [0.29, 0.717) is 6.61 Å². The van der Waals surface area contributed by atoms with Gasteiger partial charge in [0.25, 0.3) is 0 Å². The van der Waals surface area contributed by atoms with Gasteiger partial charge < -0.3 is 14.8 Å². The van der Waals surface area contributed by atoms with Crippen molar-refractivity contribution in [1.82, 2.24) is 5.32 Å². The molecule has 3 nitrogen and oxygen atoms in total. The Morgan fingerprint density at radius 2 is 1.88 bits per heavy atom. The maximum absolute atomic E-state index is 5.63. The van der Waals surface area contributed by atoms with E-state index in [1.807, 2.05) is 7.05 Å². The third-order valence-electron chi connectivity index (χ3n) is 2.75. The van der Waals surface area contributed by atoms with Crippen LogP contribution in [0.25, 0.3) is 0 Å². The van der Waals surface area contributed by atoms with E-state index < -0.39 is 0 Å². The van der Waals surface area contributed by atoms with Crippen LogP contribution >= 0.6 is 0 Å². The molecule has 0 saturated heterocycles. The number of rotatable bonds is 8. The first-order valence-electron chi connectivity index (χ1n) is 6.08. The fraction of sp³-hybridized carbons (Fsp3) is 0.571. The third kappa shape index (κ3) is 5.31. The second-order valence-corrected chi connectivity index (χ2v) is 4.17. The minimum Gasteiger partial charge on any atom is -0.385 e. The van der Waals surface area contributed by atoms with Crippen LogP contribution in [-0.2, 0) is 9.47 Å². The maximum atomic E-state index is 5.63. The summed E-state index contributed by atoms with van der Waals surface area (Å²) >= 11 is 0. The smallest absolute Gasteiger partial charge is 0.0661 e. The molecule has 0 amide bonds. The highest BCUT2D eigenvalue weighted by atomic mass is 16.5. The molecule has 96 valence electrons. The quantitative estimate of drug-likeness (QED) is 0.704. The number of aryl methyl sites for hydroxylation is 1. The number of benzene rings is 1. The van der Waals surface area contributed by atoms with E-state index in [1.165, 1.54) is 11.1 Å². The minimum atomic E-state index is 0.262. The molecule has 3 heteroatoms. The molecule has 0 fully saturated rings. The third-order valence-corrected chi connectivity index (χ3v) is 2.75. The maximum Gasteiger partial charge on any atom is 0.0661 e. The molecule has 1 aromatic carbocycles. The second kappa shape index (κ2) is 8.23. The van der Waals surface area contributed by atoms with Crippen LogP contribution in [0.4, 0.5) is 0 Å². The average molecular weight is 237 g/mol. The first-order valence-corrected chi connectivity index (χ1v) is 6.08. The zero-order valence-corrected chi connectivity index (χ0v) is 11.0. The molecule has 0 heterocycles. The Kier molecular flexibility index (Phi) is 6.86. The number of hydrogen-bond donors (Lipinski definition) is 1. The van der Waals surface area contributed by atoms with Gasteiger partial charge in [0.1, 0.15) is 0 Å². The summed E-state index contributed by atoms with van der Waals surface area (Å²) in [5.74, 6) is 0. The SMILES string of the molecule is CNC(COCCCOC)c1ccc(C)cc1. The van der Waals surface area contributed by atoms with Gasteiger partial charge in [0.15, 0.2) is 0 Å². The van der Waals surface area contributed by atoms with Gasteiger partial charge in [-0.05, 0) is 26.0 Å². The normalized spacial score (nSPS) is 12.6. The van der Waals surface area contributed by atoms with E-state index in [2.05, 4.69) is 36.5 Å². The molecule has 1 atom stereocenters. The van der Waals surface area contributed by atoms with Crippen LogP contribution in [-0.4, -0.2) is 34.0 Å². The van der Waals surface area contributed by atoms with Crippen LogP contribution in [0.15, 0.2) is 24.3 Å². The summed E-state index contributed by atoms with van der Waals surface area (Å²) in [6, 6.07) is 8.82. The van der Waals surface area contributed by atoms with E-state index in [1.54, 1.807) is 7.11 Å². The van der Waals surface area contributed by atoms with Crippen LogP contribution in [0, 0.1) is 6.92 Å². The number of nitrogens with one attached hydrogen (secondary N) is 1. The van der Waals surface area contributed by atoms with Crippen molar-refractivity contribution in [3.05, 3.63) is 35.4 Å². The highest BCUT2D eigenvalue weighted by molar-refractivity contribution is 5.24. The molecule has 0 radical (unpaired) electrons. The van der Waals surface area contributed by atoms with Gasteiger partial charge in [-0.2, -0.15) is 0 Å². The standard InChI is InChI=1S/C14H23NO2/c1-12-5-7-13(8-6-12)14(15-2)11-17-10-4-9-16-3/h5-8,14-15H,4,9-11H2,1-3H3. The Labute approximate surface area is 104 Å². The van der Waals surface area contributed by atoms with Gasteiger partial charge in [0, 0.05) is 20.3 Å². The summed E-state index contributed by atoms with van der Waals surface area (Å²) in [6.45, 7) is 4.30. The van der Waals surface area contributed by atoms with Crippen LogP contribution < -0.4 is 5.32 Å². The van der Waals surface area contributed by atoms with Crippen molar-refractivity contribution in [2.45, 2.75) is 19.4 Å². The highest BCUT2D eigenvalue weighted by Crippen LogP contribution is 2.13. The molecular formula is C14H23NO2. The molecule has 0 aliphatic rings. The van der Waals surface area contributed by atoms with Crippen molar-refractivity contribution in [2.24, 2.45) is 0 Å². The largest absolute Gasteiger partial charge is 0.385 e. The van der Waals surface area contributed by atoms with Crippen molar-refractivity contribution < 1.29 is 9.47 Å². The lowest BCUT2D eigenvalue weighted by Gasteiger charge is -2.17. The molecule has 1 unspecified atom stereocenters. The molecule has 0 bridgehead atoms. The first kappa shape index (κ1) is 14.2. The van der Waals surface area contributed by atoms with Gasteiger partial charge in [-0.15, -0.1) is 0 Å². The summed E-state index contributed by atoms with van der Waals surface area (Å²) in [6.07, 6.45) is 0.945. The van der Waals surface area contributed by atoms with Gasteiger partial charge in [-0.25, -0.2) is 0 Å². The topological polar surface area (TPSA) is 30.5 Å². The summed E-state index contributed by atoms with van der Waals surface area (Å²) in [5, 5.41) is 3.27. The minimum absolute atomic E-state index is 0.262. The average Bonchev–Trinajstić information content (AvgIpc) is 2.35. The van der Waals surface area contributed by atoms with Gasteiger partial charge in [-0.1, -0.05) is 29.8 Å². The molecule has 0 saturated carbocycles. The zero-order valence-electron chi connectivity index (χ0n) is 11.0.